The van der Waals surface area contributed by atoms with Crippen LogP contribution in [0.5, 0.6) is 0 Å². The topological polar surface area (TPSA) is 96.2 Å². The summed E-state index contributed by atoms with van der Waals surface area (Å²) in [5.74, 6) is -0.0666. The molecule has 1 aromatic carbocycles. The van der Waals surface area contributed by atoms with Crippen molar-refractivity contribution in [2.24, 2.45) is 0 Å². The number of thioether (sulfide) groups is 1. The molecule has 3 rings (SSSR count). The molecule has 1 saturated carbocycles. The molecule has 0 bridgehead atoms. The van der Waals surface area contributed by atoms with Gasteiger partial charge in [0, 0.05) is 11.7 Å². The molecule has 7 nitrogen and oxygen atoms in total. The average Bonchev–Trinajstić information content (AvgIpc) is 3.32. The molecule has 1 fully saturated rings. The van der Waals surface area contributed by atoms with Gasteiger partial charge in [-0.2, -0.15) is 0 Å². The Morgan fingerprint density at radius 1 is 1.24 bits per heavy atom. The highest BCUT2D eigenvalue weighted by Gasteiger charge is 2.19. The van der Waals surface area contributed by atoms with Crippen molar-refractivity contribution in [3.63, 3.8) is 0 Å². The summed E-state index contributed by atoms with van der Waals surface area (Å²) >= 11 is 1.25. The van der Waals surface area contributed by atoms with Crippen LogP contribution >= 0.6 is 11.8 Å². The number of hydrogen-bond donors (Lipinski definition) is 3. The Bertz CT molecular complexity index is 875. The number of rotatable bonds is 8. The van der Waals surface area contributed by atoms with E-state index in [9.17, 15) is 14.7 Å². The second kappa shape index (κ2) is 9.93. The highest BCUT2D eigenvalue weighted by atomic mass is 32.2. The number of carbonyl (C=O) groups is 2. The highest BCUT2D eigenvalue weighted by molar-refractivity contribution is 7.99. The monoisotopic (exact) mass is 416 g/mol. The normalized spacial score (nSPS) is 14.2. The molecule has 0 spiro atoms. The molecule has 0 saturated heterocycles. The third-order valence-electron chi connectivity index (χ3n) is 5.07. The largest absolute Gasteiger partial charge is 0.390 e. The third-order valence-corrected chi connectivity index (χ3v) is 6.06. The Balaban J connectivity index is 1.59. The van der Waals surface area contributed by atoms with Crippen LogP contribution in [-0.2, 0) is 22.7 Å². The maximum Gasteiger partial charge on any atom is 0.240 e. The number of nitrogens with zero attached hydrogens (tertiary/aromatic N) is 2. The maximum atomic E-state index is 12.4. The summed E-state index contributed by atoms with van der Waals surface area (Å²) in [6, 6.07) is 6.11. The minimum absolute atomic E-state index is 0.0907. The van der Waals surface area contributed by atoms with E-state index in [1.165, 1.54) is 11.8 Å². The van der Waals surface area contributed by atoms with Crippen molar-refractivity contribution in [1.29, 1.82) is 0 Å². The molecule has 0 aliphatic heterocycles. The van der Waals surface area contributed by atoms with Crippen LogP contribution in [0.2, 0.25) is 0 Å². The van der Waals surface area contributed by atoms with E-state index in [-0.39, 0.29) is 36.8 Å². The number of nitrogens with one attached hydrogen (secondary N) is 2. The Hall–Kier alpha value is -2.32. The molecule has 2 aromatic rings. The SMILES string of the molecule is Cc1ccc(NC(=O)CSc2ncc(CO)n2CC(=O)NC2CCCC2)c(C)c1. The lowest BCUT2D eigenvalue weighted by Gasteiger charge is -2.15. The smallest absolute Gasteiger partial charge is 0.240 e. The van der Waals surface area contributed by atoms with E-state index in [2.05, 4.69) is 15.6 Å². The van der Waals surface area contributed by atoms with Gasteiger partial charge in [0.15, 0.2) is 5.16 Å². The van der Waals surface area contributed by atoms with Crippen LogP contribution in [-0.4, -0.2) is 38.3 Å². The molecule has 1 aliphatic carbocycles. The quantitative estimate of drug-likeness (QED) is 0.575. The van der Waals surface area contributed by atoms with Gasteiger partial charge >= 0.3 is 0 Å². The second-order valence-electron chi connectivity index (χ2n) is 7.48. The molecule has 1 aromatic heterocycles. The molecular formula is C21H28N4O3S. The van der Waals surface area contributed by atoms with E-state index < -0.39 is 0 Å². The molecule has 8 heteroatoms. The fourth-order valence-corrected chi connectivity index (χ4v) is 4.36. The number of aliphatic hydroxyl groups is 1. The number of imidazole rings is 1. The van der Waals surface area contributed by atoms with Crippen LogP contribution in [0, 0.1) is 13.8 Å². The fourth-order valence-electron chi connectivity index (χ4n) is 3.56. The molecule has 0 atom stereocenters. The molecule has 3 N–H and O–H groups in total. The number of aliphatic hydroxyl groups excluding tert-OH is 1. The molecule has 0 unspecified atom stereocenters. The van der Waals surface area contributed by atoms with E-state index in [0.29, 0.717) is 10.9 Å². The number of benzene rings is 1. The Morgan fingerprint density at radius 3 is 2.69 bits per heavy atom. The van der Waals surface area contributed by atoms with Gasteiger partial charge < -0.3 is 20.3 Å². The zero-order chi connectivity index (χ0) is 20.8. The van der Waals surface area contributed by atoms with Crippen molar-refractivity contribution in [1.82, 2.24) is 14.9 Å². The van der Waals surface area contributed by atoms with Crippen LogP contribution in [0.1, 0.15) is 42.5 Å². The summed E-state index contributed by atoms with van der Waals surface area (Å²) < 4.78 is 1.68. The first-order valence-corrected chi connectivity index (χ1v) is 10.9. The Kier molecular flexibility index (Phi) is 7.33. The highest BCUT2D eigenvalue weighted by Crippen LogP contribution is 2.21. The number of anilines is 1. The summed E-state index contributed by atoms with van der Waals surface area (Å²) in [6.07, 6.45) is 5.88. The van der Waals surface area contributed by atoms with E-state index in [0.717, 1.165) is 42.5 Å². The predicted molar refractivity (Wildman–Crippen MR) is 114 cm³/mol. The Morgan fingerprint density at radius 2 is 2.00 bits per heavy atom. The lowest BCUT2D eigenvalue weighted by Crippen LogP contribution is -2.35. The van der Waals surface area contributed by atoms with Gasteiger partial charge in [-0.25, -0.2) is 4.98 Å². The minimum Gasteiger partial charge on any atom is -0.390 e. The fraction of sp³-hybridized carbons (Fsp3) is 0.476. The zero-order valence-electron chi connectivity index (χ0n) is 16.9. The number of amides is 2. The molecule has 1 aliphatic rings. The lowest BCUT2D eigenvalue weighted by atomic mass is 10.1. The number of carbonyl (C=O) groups excluding carboxylic acids is 2. The zero-order valence-corrected chi connectivity index (χ0v) is 17.7. The standard InChI is InChI=1S/C21H28N4O3S/c1-14-7-8-18(15(2)9-14)24-20(28)13-29-21-22-10-17(12-26)25(21)11-19(27)23-16-5-3-4-6-16/h7-10,16,26H,3-6,11-13H2,1-2H3,(H,23,27)(H,24,28). The van der Waals surface area contributed by atoms with Crippen molar-refractivity contribution >= 4 is 29.3 Å². The second-order valence-corrected chi connectivity index (χ2v) is 8.42. The van der Waals surface area contributed by atoms with Crippen LogP contribution in [0.4, 0.5) is 5.69 Å². The van der Waals surface area contributed by atoms with Crippen molar-refractivity contribution in [3.8, 4) is 0 Å². The van der Waals surface area contributed by atoms with Gasteiger partial charge in [0.05, 0.1) is 24.3 Å². The van der Waals surface area contributed by atoms with Crippen molar-refractivity contribution in [3.05, 3.63) is 41.2 Å². The van der Waals surface area contributed by atoms with Gasteiger partial charge in [-0.3, -0.25) is 9.59 Å². The van der Waals surface area contributed by atoms with Crippen LogP contribution in [0.25, 0.3) is 0 Å². The summed E-state index contributed by atoms with van der Waals surface area (Å²) in [4.78, 5) is 29.1. The maximum absolute atomic E-state index is 12.4. The molecule has 2 amide bonds. The predicted octanol–water partition coefficient (Wildman–Crippen LogP) is 2.78. The van der Waals surface area contributed by atoms with Gasteiger partial charge in [-0.05, 0) is 38.3 Å². The first kappa shape index (κ1) is 21.4. The van der Waals surface area contributed by atoms with Crippen LogP contribution < -0.4 is 10.6 Å². The molecular weight excluding hydrogens is 388 g/mol. The lowest BCUT2D eigenvalue weighted by molar-refractivity contribution is -0.122. The van der Waals surface area contributed by atoms with Crippen LogP contribution in [0.15, 0.2) is 29.6 Å². The number of aromatic nitrogens is 2. The van der Waals surface area contributed by atoms with Crippen molar-refractivity contribution < 1.29 is 14.7 Å². The molecule has 0 radical (unpaired) electrons. The van der Waals surface area contributed by atoms with E-state index in [1.54, 1.807) is 10.8 Å². The summed E-state index contributed by atoms with van der Waals surface area (Å²) in [7, 11) is 0. The third kappa shape index (κ3) is 5.83. The molecule has 29 heavy (non-hydrogen) atoms. The van der Waals surface area contributed by atoms with Crippen LogP contribution in [0.3, 0.4) is 0 Å². The summed E-state index contributed by atoms with van der Waals surface area (Å²) in [6.45, 7) is 3.85. The number of aryl methyl sites for hydroxylation is 2. The molecule has 156 valence electrons. The molecule has 1 heterocycles. The summed E-state index contributed by atoms with van der Waals surface area (Å²) in [5.41, 5.74) is 3.50. The minimum atomic E-state index is -0.209. The van der Waals surface area contributed by atoms with Gasteiger partial charge in [-0.1, -0.05) is 42.3 Å². The van der Waals surface area contributed by atoms with Crippen molar-refractivity contribution in [2.75, 3.05) is 11.1 Å². The van der Waals surface area contributed by atoms with Crippen molar-refractivity contribution in [2.45, 2.75) is 63.9 Å². The van der Waals surface area contributed by atoms with Gasteiger partial charge in [-0.15, -0.1) is 0 Å². The van der Waals surface area contributed by atoms with E-state index in [1.807, 2.05) is 32.0 Å². The first-order chi connectivity index (χ1) is 14.0. The van der Waals surface area contributed by atoms with Gasteiger partial charge in [0.1, 0.15) is 6.54 Å². The van der Waals surface area contributed by atoms with Gasteiger partial charge in [0.2, 0.25) is 11.8 Å². The van der Waals surface area contributed by atoms with E-state index in [4.69, 9.17) is 0 Å². The first-order valence-electron chi connectivity index (χ1n) is 9.91. The van der Waals surface area contributed by atoms with E-state index >= 15 is 0 Å². The van der Waals surface area contributed by atoms with Gasteiger partial charge in [0.25, 0.3) is 0 Å². The number of hydrogen-bond acceptors (Lipinski definition) is 5. The average molecular weight is 417 g/mol. The Labute approximate surface area is 175 Å². The summed E-state index contributed by atoms with van der Waals surface area (Å²) in [5, 5.41) is 16.1.